The van der Waals surface area contributed by atoms with E-state index in [1.807, 2.05) is 12.1 Å². The van der Waals surface area contributed by atoms with Gasteiger partial charge in [-0.2, -0.15) is 0 Å². The van der Waals surface area contributed by atoms with Gasteiger partial charge in [-0.3, -0.25) is 9.69 Å². The Bertz CT molecular complexity index is 886. The molecule has 1 aromatic carbocycles. The Hall–Kier alpha value is -1.18. The Morgan fingerprint density at radius 1 is 1.17 bits per heavy atom. The highest BCUT2D eigenvalue weighted by atomic mass is 35.5. The molecule has 1 amide bonds. The predicted molar refractivity (Wildman–Crippen MR) is 127 cm³/mol. The van der Waals surface area contributed by atoms with Crippen LogP contribution in [0, 0.1) is 0 Å². The average molecular weight is 469 g/mol. The van der Waals surface area contributed by atoms with Crippen molar-refractivity contribution in [2.45, 2.75) is 39.5 Å². The van der Waals surface area contributed by atoms with E-state index in [0.29, 0.717) is 28.1 Å². The van der Waals surface area contributed by atoms with E-state index in [0.717, 1.165) is 48.9 Å². The molecule has 0 bridgehead atoms. The molecular weight excluding hydrogens is 439 g/mol. The molecule has 0 atom stereocenters. The Morgan fingerprint density at radius 3 is 2.43 bits per heavy atom. The number of nitrogens with one attached hydrogen (secondary N) is 1. The largest absolute Gasteiger partial charge is 0.301 e. The summed E-state index contributed by atoms with van der Waals surface area (Å²) >= 11 is 13.9. The number of rotatable bonds is 6. The number of carbonyl (C=O) groups excluding carboxylic acids is 1. The van der Waals surface area contributed by atoms with Gasteiger partial charge in [0, 0.05) is 52.9 Å². The number of hydrogen-bond acceptors (Lipinski definition) is 5. The third-order valence-corrected chi connectivity index (χ3v) is 6.86. The molecule has 8 heteroatoms. The summed E-state index contributed by atoms with van der Waals surface area (Å²) < 4.78 is 0. The van der Waals surface area contributed by atoms with Crippen LogP contribution in [0.1, 0.15) is 43.8 Å². The van der Waals surface area contributed by atoms with Crippen LogP contribution in [0.25, 0.3) is 0 Å². The minimum atomic E-state index is -0.135. The summed E-state index contributed by atoms with van der Waals surface area (Å²) in [5.74, 6) is -0.00904. The van der Waals surface area contributed by atoms with Gasteiger partial charge in [-0.15, -0.1) is 11.3 Å². The van der Waals surface area contributed by atoms with Crippen molar-refractivity contribution in [1.82, 2.24) is 14.8 Å². The molecule has 1 aliphatic heterocycles. The second kappa shape index (κ2) is 9.96. The number of benzene rings is 1. The van der Waals surface area contributed by atoms with E-state index in [4.69, 9.17) is 28.2 Å². The highest BCUT2D eigenvalue weighted by molar-refractivity contribution is 7.15. The SMILES string of the molecule is CCN1CCN(CC(=O)Nc2nc(C(C)(C)C)c(Cc3ccc(Cl)cc3Cl)s2)CC1. The molecule has 5 nitrogen and oxygen atoms in total. The molecule has 1 saturated heterocycles. The Kier molecular flexibility index (Phi) is 7.80. The number of halogens is 2. The van der Waals surface area contributed by atoms with Crippen LogP contribution in [0.3, 0.4) is 0 Å². The van der Waals surface area contributed by atoms with Crippen molar-refractivity contribution >= 4 is 45.6 Å². The fourth-order valence-electron chi connectivity index (χ4n) is 3.57. The summed E-state index contributed by atoms with van der Waals surface area (Å²) in [5.41, 5.74) is 1.86. The highest BCUT2D eigenvalue weighted by Crippen LogP contribution is 2.35. The lowest BCUT2D eigenvalue weighted by molar-refractivity contribution is -0.117. The molecular formula is C22H30Cl2N4OS. The van der Waals surface area contributed by atoms with Crippen LogP contribution >= 0.6 is 34.5 Å². The molecule has 2 heterocycles. The van der Waals surface area contributed by atoms with Crippen molar-refractivity contribution in [2.24, 2.45) is 0 Å². The molecule has 0 saturated carbocycles. The molecule has 0 spiro atoms. The van der Waals surface area contributed by atoms with Gasteiger partial charge in [0.1, 0.15) is 0 Å². The van der Waals surface area contributed by atoms with Gasteiger partial charge in [-0.1, -0.05) is 57.0 Å². The lowest BCUT2D eigenvalue weighted by Crippen LogP contribution is -2.48. The smallest absolute Gasteiger partial charge is 0.240 e. The van der Waals surface area contributed by atoms with E-state index >= 15 is 0 Å². The molecule has 164 valence electrons. The molecule has 0 radical (unpaired) electrons. The Balaban J connectivity index is 1.70. The molecule has 1 N–H and O–H groups in total. The van der Waals surface area contributed by atoms with Gasteiger partial charge in [0.05, 0.1) is 12.2 Å². The zero-order valence-electron chi connectivity index (χ0n) is 18.1. The van der Waals surface area contributed by atoms with Crippen LogP contribution in [-0.4, -0.2) is 60.0 Å². The number of amides is 1. The molecule has 2 aromatic rings. The van der Waals surface area contributed by atoms with Gasteiger partial charge >= 0.3 is 0 Å². The summed E-state index contributed by atoms with van der Waals surface area (Å²) in [6.45, 7) is 13.9. The van der Waals surface area contributed by atoms with Gasteiger partial charge in [0.15, 0.2) is 5.13 Å². The summed E-state index contributed by atoms with van der Waals surface area (Å²) in [6, 6.07) is 5.56. The normalized spacial score (nSPS) is 16.1. The summed E-state index contributed by atoms with van der Waals surface area (Å²) in [6.07, 6.45) is 0.662. The van der Waals surface area contributed by atoms with Crippen molar-refractivity contribution in [1.29, 1.82) is 0 Å². The number of carbonyl (C=O) groups is 1. The van der Waals surface area contributed by atoms with Crippen LogP contribution in [-0.2, 0) is 16.6 Å². The fraction of sp³-hybridized carbons (Fsp3) is 0.545. The number of hydrogen-bond donors (Lipinski definition) is 1. The van der Waals surface area contributed by atoms with E-state index < -0.39 is 0 Å². The van der Waals surface area contributed by atoms with Gasteiger partial charge in [-0.25, -0.2) is 4.98 Å². The first-order chi connectivity index (χ1) is 14.2. The third kappa shape index (κ3) is 6.17. The van der Waals surface area contributed by atoms with Gasteiger partial charge < -0.3 is 10.2 Å². The zero-order valence-corrected chi connectivity index (χ0v) is 20.4. The molecule has 3 rings (SSSR count). The predicted octanol–water partition coefficient (Wildman–Crippen LogP) is 4.91. The molecule has 0 aliphatic carbocycles. The van der Waals surface area contributed by atoms with Crippen LogP contribution in [0.2, 0.25) is 10.0 Å². The molecule has 1 aliphatic rings. The van der Waals surface area contributed by atoms with Crippen LogP contribution in [0.4, 0.5) is 5.13 Å². The van der Waals surface area contributed by atoms with Crippen LogP contribution < -0.4 is 5.32 Å². The quantitative estimate of drug-likeness (QED) is 0.653. The first kappa shape index (κ1) is 23.5. The monoisotopic (exact) mass is 468 g/mol. The lowest BCUT2D eigenvalue weighted by atomic mass is 9.90. The van der Waals surface area contributed by atoms with Gasteiger partial charge in [-0.05, 0) is 24.2 Å². The summed E-state index contributed by atoms with van der Waals surface area (Å²) in [4.78, 5) is 23.1. The van der Waals surface area contributed by atoms with E-state index in [1.165, 1.54) is 11.3 Å². The topological polar surface area (TPSA) is 48.5 Å². The van der Waals surface area contributed by atoms with E-state index in [9.17, 15) is 4.79 Å². The maximum absolute atomic E-state index is 12.6. The van der Waals surface area contributed by atoms with Crippen molar-refractivity contribution < 1.29 is 4.79 Å². The minimum Gasteiger partial charge on any atom is -0.301 e. The number of aromatic nitrogens is 1. The standard InChI is InChI=1S/C22H30Cl2N4OS/c1-5-27-8-10-28(11-9-27)14-19(29)25-21-26-20(22(2,3)4)18(30-21)12-15-6-7-16(23)13-17(15)24/h6-7,13H,5,8-12,14H2,1-4H3,(H,25,26,29). The van der Waals surface area contributed by atoms with Gasteiger partial charge in [0.25, 0.3) is 0 Å². The number of thiazole rings is 1. The van der Waals surface area contributed by atoms with Crippen molar-refractivity contribution in [3.05, 3.63) is 44.4 Å². The lowest BCUT2D eigenvalue weighted by Gasteiger charge is -2.33. The average Bonchev–Trinajstić information content (AvgIpc) is 3.07. The Labute approximate surface area is 193 Å². The second-order valence-corrected chi connectivity index (χ2v) is 10.6. The molecule has 1 fully saturated rings. The summed E-state index contributed by atoms with van der Waals surface area (Å²) in [5, 5.41) is 4.93. The first-order valence-corrected chi connectivity index (χ1v) is 11.9. The number of piperazine rings is 1. The minimum absolute atomic E-state index is 0.00904. The number of likely N-dealkylation sites (N-methyl/N-ethyl adjacent to an activating group) is 1. The van der Waals surface area contributed by atoms with E-state index in [2.05, 4.69) is 42.8 Å². The maximum atomic E-state index is 12.6. The van der Waals surface area contributed by atoms with Crippen LogP contribution in [0.15, 0.2) is 18.2 Å². The fourth-order valence-corrected chi connectivity index (χ4v) is 5.26. The molecule has 30 heavy (non-hydrogen) atoms. The Morgan fingerprint density at radius 2 is 1.83 bits per heavy atom. The zero-order chi connectivity index (χ0) is 21.9. The number of nitrogens with zero attached hydrogens (tertiary/aromatic N) is 3. The van der Waals surface area contributed by atoms with E-state index in [1.54, 1.807) is 6.07 Å². The van der Waals surface area contributed by atoms with Crippen molar-refractivity contribution in [3.63, 3.8) is 0 Å². The number of anilines is 1. The first-order valence-electron chi connectivity index (χ1n) is 10.3. The van der Waals surface area contributed by atoms with Gasteiger partial charge in [0.2, 0.25) is 5.91 Å². The molecule has 0 unspecified atom stereocenters. The second-order valence-electron chi connectivity index (χ2n) is 8.71. The highest BCUT2D eigenvalue weighted by Gasteiger charge is 2.25. The van der Waals surface area contributed by atoms with Crippen molar-refractivity contribution in [2.75, 3.05) is 44.6 Å². The molecule has 1 aromatic heterocycles. The van der Waals surface area contributed by atoms with Crippen LogP contribution in [0.5, 0.6) is 0 Å². The van der Waals surface area contributed by atoms with Crippen molar-refractivity contribution in [3.8, 4) is 0 Å². The third-order valence-electron chi connectivity index (χ3n) is 5.30. The maximum Gasteiger partial charge on any atom is 0.240 e. The summed E-state index contributed by atoms with van der Waals surface area (Å²) in [7, 11) is 0. The van der Waals surface area contributed by atoms with E-state index in [-0.39, 0.29) is 11.3 Å².